The highest BCUT2D eigenvalue weighted by Crippen LogP contribution is 2.30. The molecule has 0 bridgehead atoms. The first-order valence-corrected chi connectivity index (χ1v) is 7.09. The number of likely N-dealkylation sites (N-methyl/N-ethyl adjacent to an activating group) is 1. The average Bonchev–Trinajstić information content (AvgIpc) is 3.02. The normalized spacial score (nSPS) is 19.1. The van der Waals surface area contributed by atoms with Crippen molar-refractivity contribution in [1.29, 1.82) is 0 Å². The van der Waals surface area contributed by atoms with E-state index in [1.54, 1.807) is 16.0 Å². The molecule has 0 radical (unpaired) electrons. The Balaban J connectivity index is 1.91. The van der Waals surface area contributed by atoms with Crippen LogP contribution < -0.4 is 10.2 Å². The molecular formula is C11H15N5O2S. The van der Waals surface area contributed by atoms with Crippen molar-refractivity contribution < 1.29 is 4.92 Å². The third kappa shape index (κ3) is 2.17. The molecule has 19 heavy (non-hydrogen) atoms. The molecule has 1 fully saturated rings. The van der Waals surface area contributed by atoms with Gasteiger partial charge in [-0.15, -0.1) is 0 Å². The van der Waals surface area contributed by atoms with Crippen LogP contribution in [0.4, 0.5) is 11.6 Å². The van der Waals surface area contributed by atoms with E-state index in [1.165, 1.54) is 17.8 Å². The zero-order chi connectivity index (χ0) is 13.4. The summed E-state index contributed by atoms with van der Waals surface area (Å²) in [5.74, 6) is 0.502. The van der Waals surface area contributed by atoms with Gasteiger partial charge >= 0.3 is 5.82 Å². The summed E-state index contributed by atoms with van der Waals surface area (Å²) in [6, 6.07) is 0.393. The maximum absolute atomic E-state index is 11.2. The van der Waals surface area contributed by atoms with Crippen molar-refractivity contribution in [2.45, 2.75) is 18.9 Å². The standard InChI is InChI=1S/C11H15N5O2S/c1-14(7-8-3-2-4-12-8)9-10(16(17)18)15-5-6-19-11(15)13-9/h5-6,8,12H,2-4,7H2,1H3. The molecule has 0 saturated carbocycles. The van der Waals surface area contributed by atoms with Gasteiger partial charge in [-0.25, -0.2) is 0 Å². The Morgan fingerprint density at radius 2 is 2.58 bits per heavy atom. The topological polar surface area (TPSA) is 75.7 Å². The zero-order valence-corrected chi connectivity index (χ0v) is 11.4. The molecule has 1 atom stereocenters. The molecule has 3 heterocycles. The number of rotatable bonds is 4. The molecule has 3 rings (SSSR count). The molecule has 7 nitrogen and oxygen atoms in total. The van der Waals surface area contributed by atoms with E-state index >= 15 is 0 Å². The van der Waals surface area contributed by atoms with Crippen molar-refractivity contribution in [3.05, 3.63) is 21.7 Å². The van der Waals surface area contributed by atoms with Gasteiger partial charge in [0.15, 0.2) is 0 Å². The monoisotopic (exact) mass is 281 g/mol. The van der Waals surface area contributed by atoms with Crippen LogP contribution in [0.25, 0.3) is 4.96 Å². The lowest BCUT2D eigenvalue weighted by Crippen LogP contribution is -2.35. The van der Waals surface area contributed by atoms with E-state index in [9.17, 15) is 10.1 Å². The molecule has 1 aliphatic heterocycles. The van der Waals surface area contributed by atoms with Gasteiger partial charge in [-0.2, -0.15) is 9.38 Å². The molecule has 0 aliphatic carbocycles. The number of fused-ring (bicyclic) bond motifs is 1. The van der Waals surface area contributed by atoms with Crippen LogP contribution in [0.1, 0.15) is 12.8 Å². The lowest BCUT2D eigenvalue weighted by molar-refractivity contribution is -0.389. The second kappa shape index (κ2) is 4.78. The van der Waals surface area contributed by atoms with Crippen molar-refractivity contribution in [2.24, 2.45) is 0 Å². The van der Waals surface area contributed by atoms with Gasteiger partial charge in [-0.05, 0) is 24.3 Å². The predicted octanol–water partition coefficient (Wildman–Crippen LogP) is 1.49. The number of thiazole rings is 1. The predicted molar refractivity (Wildman–Crippen MR) is 74.0 cm³/mol. The van der Waals surface area contributed by atoms with Crippen molar-refractivity contribution in [1.82, 2.24) is 14.7 Å². The summed E-state index contributed by atoms with van der Waals surface area (Å²) >= 11 is 1.40. The van der Waals surface area contributed by atoms with Gasteiger partial charge in [0, 0.05) is 25.0 Å². The van der Waals surface area contributed by atoms with Gasteiger partial charge in [0.25, 0.3) is 4.96 Å². The Kier molecular flexibility index (Phi) is 3.11. The molecule has 2 aromatic rings. The average molecular weight is 281 g/mol. The highest BCUT2D eigenvalue weighted by atomic mass is 32.1. The van der Waals surface area contributed by atoms with Gasteiger partial charge in [0.2, 0.25) is 5.82 Å². The lowest BCUT2D eigenvalue weighted by Gasteiger charge is -2.20. The number of nitro groups is 1. The van der Waals surface area contributed by atoms with Gasteiger partial charge in [0.1, 0.15) is 6.20 Å². The molecule has 1 N–H and O–H groups in total. The maximum atomic E-state index is 11.2. The minimum Gasteiger partial charge on any atom is -0.358 e. The van der Waals surface area contributed by atoms with Crippen LogP contribution in [-0.4, -0.2) is 40.5 Å². The Morgan fingerprint density at radius 1 is 1.74 bits per heavy atom. The van der Waals surface area contributed by atoms with Crippen molar-refractivity contribution >= 4 is 27.9 Å². The van der Waals surface area contributed by atoms with Crippen LogP contribution in [0.5, 0.6) is 0 Å². The van der Waals surface area contributed by atoms with E-state index in [0.29, 0.717) is 16.8 Å². The first-order chi connectivity index (χ1) is 9.16. The van der Waals surface area contributed by atoms with Crippen LogP contribution in [0.3, 0.4) is 0 Å². The number of imidazole rings is 1. The fourth-order valence-electron chi connectivity index (χ4n) is 2.52. The Bertz CT molecular complexity index is 601. The first kappa shape index (κ1) is 12.4. The number of nitrogens with zero attached hydrogens (tertiary/aromatic N) is 4. The zero-order valence-electron chi connectivity index (χ0n) is 10.6. The van der Waals surface area contributed by atoms with E-state index in [4.69, 9.17) is 0 Å². The lowest BCUT2D eigenvalue weighted by atomic mass is 10.2. The fraction of sp³-hybridized carbons (Fsp3) is 0.545. The van der Waals surface area contributed by atoms with Gasteiger partial charge < -0.3 is 20.3 Å². The third-order valence-corrected chi connectivity index (χ3v) is 4.17. The van der Waals surface area contributed by atoms with Gasteiger partial charge in [-0.3, -0.25) is 0 Å². The van der Waals surface area contributed by atoms with E-state index in [-0.39, 0.29) is 10.7 Å². The molecule has 1 unspecified atom stereocenters. The molecular weight excluding hydrogens is 266 g/mol. The number of hydrogen-bond acceptors (Lipinski definition) is 6. The first-order valence-electron chi connectivity index (χ1n) is 6.21. The summed E-state index contributed by atoms with van der Waals surface area (Å²) in [7, 11) is 1.86. The van der Waals surface area contributed by atoms with Crippen molar-refractivity contribution in [3.8, 4) is 0 Å². The van der Waals surface area contributed by atoms with Gasteiger partial charge in [-0.1, -0.05) is 11.3 Å². The Hall–Kier alpha value is -1.67. The van der Waals surface area contributed by atoms with Crippen molar-refractivity contribution in [2.75, 3.05) is 25.0 Å². The second-order valence-corrected chi connectivity index (χ2v) is 5.62. The molecule has 1 saturated heterocycles. The third-order valence-electron chi connectivity index (χ3n) is 3.41. The Morgan fingerprint density at radius 3 is 3.26 bits per heavy atom. The summed E-state index contributed by atoms with van der Waals surface area (Å²) in [4.78, 5) is 17.8. The minimum absolute atomic E-state index is 0.0525. The number of nitrogens with one attached hydrogen (secondary N) is 1. The molecule has 8 heteroatoms. The van der Waals surface area contributed by atoms with Gasteiger partial charge in [0.05, 0.1) is 0 Å². The smallest absolute Gasteiger partial charge is 0.358 e. The summed E-state index contributed by atoms with van der Waals surface area (Å²) in [6.07, 6.45) is 3.97. The van der Waals surface area contributed by atoms with E-state index in [1.807, 2.05) is 11.9 Å². The molecule has 0 aromatic carbocycles. The summed E-state index contributed by atoms with van der Waals surface area (Å²) in [5, 5.41) is 16.4. The fourth-order valence-corrected chi connectivity index (χ4v) is 3.22. The van der Waals surface area contributed by atoms with Crippen molar-refractivity contribution in [3.63, 3.8) is 0 Å². The highest BCUT2D eigenvalue weighted by molar-refractivity contribution is 7.15. The SMILES string of the molecule is CN(CC1CCCN1)c1nc2sccn2c1[N+](=O)[O-]. The molecule has 1 aliphatic rings. The summed E-state index contributed by atoms with van der Waals surface area (Å²) in [5.41, 5.74) is 0. The summed E-state index contributed by atoms with van der Waals surface area (Å²) < 4.78 is 1.54. The van der Waals surface area contributed by atoms with Crippen LogP contribution >= 0.6 is 11.3 Å². The molecule has 0 spiro atoms. The largest absolute Gasteiger partial charge is 0.373 e. The van der Waals surface area contributed by atoms with E-state index in [0.717, 1.165) is 19.5 Å². The van der Waals surface area contributed by atoms with Crippen LogP contribution in [-0.2, 0) is 0 Å². The van der Waals surface area contributed by atoms with Crippen LogP contribution in [0.15, 0.2) is 11.6 Å². The van der Waals surface area contributed by atoms with Crippen LogP contribution in [0.2, 0.25) is 0 Å². The maximum Gasteiger partial charge on any atom is 0.373 e. The van der Waals surface area contributed by atoms with E-state index in [2.05, 4.69) is 10.3 Å². The quantitative estimate of drug-likeness (QED) is 0.679. The molecule has 102 valence electrons. The minimum atomic E-state index is -0.360. The number of hydrogen-bond donors (Lipinski definition) is 1. The van der Waals surface area contributed by atoms with E-state index < -0.39 is 0 Å². The summed E-state index contributed by atoms with van der Waals surface area (Å²) in [6.45, 7) is 1.77. The number of anilines is 1. The highest BCUT2D eigenvalue weighted by Gasteiger charge is 2.28. The second-order valence-electron chi connectivity index (χ2n) is 4.75. The molecule has 0 amide bonds. The Labute approximate surface area is 114 Å². The molecule has 2 aromatic heterocycles. The van der Waals surface area contributed by atoms with Crippen LogP contribution in [0, 0.1) is 10.1 Å². The number of aromatic nitrogens is 2.